The van der Waals surface area contributed by atoms with Gasteiger partial charge < -0.3 is 20.3 Å². The van der Waals surface area contributed by atoms with Gasteiger partial charge in [-0.05, 0) is 55.4 Å². The Labute approximate surface area is 182 Å². The summed E-state index contributed by atoms with van der Waals surface area (Å²) in [6.45, 7) is 5.99. The highest BCUT2D eigenvalue weighted by molar-refractivity contribution is 5.79. The molecule has 31 heavy (non-hydrogen) atoms. The molecule has 1 aliphatic heterocycles. The molecule has 1 saturated heterocycles. The normalized spacial score (nSPS) is 15.1. The van der Waals surface area contributed by atoms with Gasteiger partial charge in [0.25, 0.3) is 0 Å². The van der Waals surface area contributed by atoms with E-state index in [-0.39, 0.29) is 12.1 Å². The first-order valence-electron chi connectivity index (χ1n) is 10.6. The molecule has 0 aromatic heterocycles. The largest absolute Gasteiger partial charge is 0.497 e. The topological polar surface area (TPSA) is 52.1 Å². The molecule has 1 fully saturated rings. The predicted molar refractivity (Wildman–Crippen MR) is 121 cm³/mol. The number of nitrogens with one attached hydrogen (secondary N) is 2. The molecule has 0 spiro atoms. The van der Waals surface area contributed by atoms with Crippen molar-refractivity contribution in [3.63, 3.8) is 0 Å². The quantitative estimate of drug-likeness (QED) is 0.383. The summed E-state index contributed by atoms with van der Waals surface area (Å²) in [5.41, 5.74) is 1.50. The van der Waals surface area contributed by atoms with Gasteiger partial charge >= 0.3 is 0 Å². The lowest BCUT2D eigenvalue weighted by Gasteiger charge is -2.36. The first-order valence-corrected chi connectivity index (χ1v) is 10.6. The van der Waals surface area contributed by atoms with Crippen LogP contribution in [-0.4, -0.2) is 64.3 Å². The Balaban J connectivity index is 1.33. The summed E-state index contributed by atoms with van der Waals surface area (Å²) in [6, 6.07) is 11.6. The highest BCUT2D eigenvalue weighted by Gasteiger charge is 2.16. The Morgan fingerprint density at radius 3 is 2.45 bits per heavy atom. The lowest BCUT2D eigenvalue weighted by atomic mass is 10.2. The Hall–Kier alpha value is -2.87. The fourth-order valence-corrected chi connectivity index (χ4v) is 3.61. The van der Waals surface area contributed by atoms with E-state index in [2.05, 4.69) is 37.6 Å². The third-order valence-electron chi connectivity index (χ3n) is 5.43. The maximum atomic E-state index is 13.7. The van der Waals surface area contributed by atoms with Gasteiger partial charge in [-0.15, -0.1) is 0 Å². The predicted octanol–water partition coefficient (Wildman–Crippen LogP) is 2.85. The van der Waals surface area contributed by atoms with Crippen LogP contribution in [0.2, 0.25) is 0 Å². The zero-order valence-electron chi connectivity index (χ0n) is 18.2. The summed E-state index contributed by atoms with van der Waals surface area (Å²) >= 11 is 0. The molecule has 0 bridgehead atoms. The third kappa shape index (κ3) is 6.82. The lowest BCUT2D eigenvalue weighted by molar-refractivity contribution is 0.255. The number of rotatable bonds is 8. The molecule has 8 heteroatoms. The summed E-state index contributed by atoms with van der Waals surface area (Å²) in [4.78, 5) is 9.00. The first-order chi connectivity index (χ1) is 15.1. The van der Waals surface area contributed by atoms with Crippen molar-refractivity contribution in [1.82, 2.24) is 15.5 Å². The van der Waals surface area contributed by atoms with Crippen molar-refractivity contribution in [3.8, 4) is 5.75 Å². The SMILES string of the molecule is CN=C(NCCCN1CCN(c2ccc(OC)cc2)CC1)NCc1cc(F)ccc1F. The number of ether oxygens (including phenoxy) is 1. The van der Waals surface area contributed by atoms with Gasteiger partial charge in [-0.2, -0.15) is 0 Å². The smallest absolute Gasteiger partial charge is 0.191 e. The molecule has 1 aliphatic rings. The molecule has 2 aromatic rings. The number of guanidine groups is 1. The van der Waals surface area contributed by atoms with Crippen LogP contribution in [0.15, 0.2) is 47.5 Å². The van der Waals surface area contributed by atoms with E-state index in [9.17, 15) is 8.78 Å². The monoisotopic (exact) mass is 431 g/mol. The second kappa shape index (κ2) is 11.5. The van der Waals surface area contributed by atoms with Crippen LogP contribution in [0.25, 0.3) is 0 Å². The second-order valence-electron chi connectivity index (χ2n) is 7.47. The van der Waals surface area contributed by atoms with Crippen LogP contribution in [0.1, 0.15) is 12.0 Å². The van der Waals surface area contributed by atoms with Crippen molar-refractivity contribution in [2.45, 2.75) is 13.0 Å². The maximum absolute atomic E-state index is 13.7. The molecule has 0 unspecified atom stereocenters. The third-order valence-corrected chi connectivity index (χ3v) is 5.43. The van der Waals surface area contributed by atoms with Gasteiger partial charge in [-0.1, -0.05) is 0 Å². The van der Waals surface area contributed by atoms with E-state index in [1.165, 1.54) is 11.8 Å². The molecule has 1 heterocycles. The summed E-state index contributed by atoms with van der Waals surface area (Å²) < 4.78 is 32.2. The van der Waals surface area contributed by atoms with Crippen LogP contribution in [0.4, 0.5) is 14.5 Å². The minimum absolute atomic E-state index is 0.177. The first kappa shape index (κ1) is 22.8. The van der Waals surface area contributed by atoms with Gasteiger partial charge in [0.1, 0.15) is 17.4 Å². The summed E-state index contributed by atoms with van der Waals surface area (Å²) in [5, 5.41) is 6.26. The van der Waals surface area contributed by atoms with E-state index >= 15 is 0 Å². The maximum Gasteiger partial charge on any atom is 0.191 e. The van der Waals surface area contributed by atoms with Crippen LogP contribution in [0, 0.1) is 11.6 Å². The van der Waals surface area contributed by atoms with E-state index in [0.717, 1.165) is 63.6 Å². The molecule has 0 saturated carbocycles. The van der Waals surface area contributed by atoms with Crippen LogP contribution in [0.5, 0.6) is 5.75 Å². The van der Waals surface area contributed by atoms with Crippen molar-refractivity contribution in [2.24, 2.45) is 4.99 Å². The van der Waals surface area contributed by atoms with Gasteiger partial charge in [0, 0.05) is 57.6 Å². The van der Waals surface area contributed by atoms with Gasteiger partial charge in [0.2, 0.25) is 0 Å². The minimum atomic E-state index is -0.451. The number of methoxy groups -OCH3 is 1. The van der Waals surface area contributed by atoms with Crippen molar-refractivity contribution in [2.75, 3.05) is 58.3 Å². The minimum Gasteiger partial charge on any atom is -0.497 e. The van der Waals surface area contributed by atoms with E-state index in [0.29, 0.717) is 5.96 Å². The fourth-order valence-electron chi connectivity index (χ4n) is 3.61. The van der Waals surface area contributed by atoms with Crippen molar-refractivity contribution in [3.05, 3.63) is 59.7 Å². The fraction of sp³-hybridized carbons (Fsp3) is 0.435. The van der Waals surface area contributed by atoms with Crippen LogP contribution < -0.4 is 20.3 Å². The molecule has 3 rings (SSSR count). The summed E-state index contributed by atoms with van der Waals surface area (Å²) in [5.74, 6) is 0.569. The number of aliphatic imine (C=N–C) groups is 1. The molecule has 168 valence electrons. The lowest BCUT2D eigenvalue weighted by Crippen LogP contribution is -2.47. The van der Waals surface area contributed by atoms with Crippen molar-refractivity contribution in [1.29, 1.82) is 0 Å². The van der Waals surface area contributed by atoms with E-state index in [1.807, 2.05) is 12.1 Å². The molecular formula is C23H31F2N5O. The number of halogens is 2. The zero-order chi connectivity index (χ0) is 22.1. The summed E-state index contributed by atoms with van der Waals surface area (Å²) in [6.07, 6.45) is 0.970. The van der Waals surface area contributed by atoms with Crippen molar-refractivity contribution >= 4 is 11.6 Å². The summed E-state index contributed by atoms with van der Waals surface area (Å²) in [7, 11) is 3.34. The standard InChI is InChI=1S/C23H31F2N5O/c1-26-23(28-17-18-16-19(24)4-9-22(18)25)27-10-3-11-29-12-14-30(15-13-29)20-5-7-21(31-2)8-6-20/h4-9,16H,3,10-15,17H2,1-2H3,(H2,26,27,28). The van der Waals surface area contributed by atoms with Gasteiger partial charge in [-0.25, -0.2) is 8.78 Å². The Kier molecular flexibility index (Phi) is 8.46. The number of benzene rings is 2. The van der Waals surface area contributed by atoms with Crippen LogP contribution in [-0.2, 0) is 6.54 Å². The molecule has 0 amide bonds. The molecule has 0 aliphatic carbocycles. The van der Waals surface area contributed by atoms with Gasteiger partial charge in [0.05, 0.1) is 7.11 Å². The molecule has 0 atom stereocenters. The van der Waals surface area contributed by atoms with Crippen LogP contribution >= 0.6 is 0 Å². The molecule has 6 nitrogen and oxygen atoms in total. The zero-order valence-corrected chi connectivity index (χ0v) is 18.2. The van der Waals surface area contributed by atoms with E-state index in [4.69, 9.17) is 4.74 Å². The Morgan fingerprint density at radius 2 is 1.77 bits per heavy atom. The number of hydrogen-bond acceptors (Lipinski definition) is 4. The Bertz CT molecular complexity index is 852. The average molecular weight is 432 g/mol. The number of piperazine rings is 1. The van der Waals surface area contributed by atoms with Crippen LogP contribution in [0.3, 0.4) is 0 Å². The van der Waals surface area contributed by atoms with E-state index in [1.54, 1.807) is 14.2 Å². The van der Waals surface area contributed by atoms with Crippen molar-refractivity contribution < 1.29 is 13.5 Å². The number of nitrogens with zero attached hydrogens (tertiary/aromatic N) is 3. The van der Waals surface area contributed by atoms with E-state index < -0.39 is 11.6 Å². The molecule has 2 aromatic carbocycles. The number of hydrogen-bond donors (Lipinski definition) is 2. The molecular weight excluding hydrogens is 400 g/mol. The Morgan fingerprint density at radius 1 is 1.03 bits per heavy atom. The highest BCUT2D eigenvalue weighted by Crippen LogP contribution is 2.20. The number of anilines is 1. The molecule has 2 N–H and O–H groups in total. The highest BCUT2D eigenvalue weighted by atomic mass is 19.1. The average Bonchev–Trinajstić information content (AvgIpc) is 2.81. The second-order valence-corrected chi connectivity index (χ2v) is 7.47. The van der Waals surface area contributed by atoms with Gasteiger partial charge in [-0.3, -0.25) is 9.89 Å². The molecule has 0 radical (unpaired) electrons. The van der Waals surface area contributed by atoms with Gasteiger partial charge in [0.15, 0.2) is 5.96 Å².